The van der Waals surface area contributed by atoms with E-state index in [0.29, 0.717) is 10.3 Å². The number of aromatic amines is 1. The van der Waals surface area contributed by atoms with Gasteiger partial charge in [-0.3, -0.25) is 9.89 Å². The Labute approximate surface area is 123 Å². The van der Waals surface area contributed by atoms with Crippen molar-refractivity contribution in [3.8, 4) is 0 Å². The molecule has 1 aromatic heterocycles. The average molecular weight is 290 g/mol. The van der Waals surface area contributed by atoms with E-state index in [1.807, 2.05) is 39.1 Å². The van der Waals surface area contributed by atoms with Crippen molar-refractivity contribution in [3.63, 3.8) is 0 Å². The van der Waals surface area contributed by atoms with Crippen LogP contribution in [0.25, 0.3) is 0 Å². The van der Waals surface area contributed by atoms with Crippen LogP contribution < -0.4 is 5.32 Å². The molecule has 0 saturated heterocycles. The largest absolute Gasteiger partial charge is 0.342 e. The van der Waals surface area contributed by atoms with E-state index in [1.165, 1.54) is 0 Å². The molecular formula is C14H18N4OS. The summed E-state index contributed by atoms with van der Waals surface area (Å²) in [7, 11) is 1.84. The van der Waals surface area contributed by atoms with Gasteiger partial charge in [-0.05, 0) is 30.3 Å². The molecule has 20 heavy (non-hydrogen) atoms. The molecule has 2 N–H and O–H groups in total. The molecule has 1 atom stereocenters. The summed E-state index contributed by atoms with van der Waals surface area (Å²) in [6.45, 7) is 4.07. The molecule has 0 bridgehead atoms. The number of rotatable bonds is 4. The maximum atomic E-state index is 12.3. The van der Waals surface area contributed by atoms with Crippen LogP contribution in [0.3, 0.4) is 0 Å². The first-order chi connectivity index (χ1) is 9.50. The first kappa shape index (κ1) is 14.5. The van der Waals surface area contributed by atoms with Crippen molar-refractivity contribution in [3.05, 3.63) is 46.5 Å². The van der Waals surface area contributed by atoms with Gasteiger partial charge in [-0.1, -0.05) is 32.0 Å². The lowest BCUT2D eigenvalue weighted by atomic mass is 10.0. The van der Waals surface area contributed by atoms with Crippen LogP contribution >= 0.6 is 12.2 Å². The van der Waals surface area contributed by atoms with Gasteiger partial charge in [0.25, 0.3) is 5.91 Å². The van der Waals surface area contributed by atoms with E-state index in [2.05, 4.69) is 15.5 Å². The third kappa shape index (κ3) is 2.96. The van der Waals surface area contributed by atoms with Crippen molar-refractivity contribution >= 4 is 18.1 Å². The highest BCUT2D eigenvalue weighted by Crippen LogP contribution is 2.20. The fourth-order valence-corrected chi connectivity index (χ4v) is 2.12. The molecule has 0 unspecified atom stereocenters. The van der Waals surface area contributed by atoms with Gasteiger partial charge in [-0.25, -0.2) is 0 Å². The number of H-pyrrole nitrogens is 1. The maximum absolute atomic E-state index is 12.3. The van der Waals surface area contributed by atoms with Crippen LogP contribution in [-0.4, -0.2) is 20.7 Å². The number of benzene rings is 1. The van der Waals surface area contributed by atoms with Crippen molar-refractivity contribution in [2.24, 2.45) is 13.0 Å². The smallest absolute Gasteiger partial charge is 0.251 e. The zero-order valence-corrected chi connectivity index (χ0v) is 12.6. The number of amides is 1. The molecule has 1 amide bonds. The monoisotopic (exact) mass is 290 g/mol. The molecule has 5 nitrogen and oxygen atoms in total. The van der Waals surface area contributed by atoms with E-state index in [1.54, 1.807) is 16.7 Å². The molecule has 0 radical (unpaired) electrons. The van der Waals surface area contributed by atoms with Crippen molar-refractivity contribution in [1.29, 1.82) is 0 Å². The molecule has 2 rings (SSSR count). The van der Waals surface area contributed by atoms with Crippen LogP contribution in [0.2, 0.25) is 0 Å². The molecule has 0 aliphatic rings. The maximum Gasteiger partial charge on any atom is 0.251 e. The Morgan fingerprint density at radius 1 is 1.35 bits per heavy atom. The van der Waals surface area contributed by atoms with E-state index in [0.717, 1.165) is 5.82 Å². The lowest BCUT2D eigenvalue weighted by Crippen LogP contribution is -2.33. The molecule has 0 aliphatic heterocycles. The SMILES string of the molecule is CC(C)[C@H](NC(=O)c1ccccc1)c1n[nH]c(=S)n1C. The molecule has 0 saturated carbocycles. The van der Waals surface area contributed by atoms with E-state index in [4.69, 9.17) is 12.2 Å². The fraction of sp³-hybridized carbons (Fsp3) is 0.357. The van der Waals surface area contributed by atoms with Gasteiger partial charge in [0.05, 0.1) is 6.04 Å². The van der Waals surface area contributed by atoms with Crippen LogP contribution in [-0.2, 0) is 7.05 Å². The highest BCUT2D eigenvalue weighted by molar-refractivity contribution is 7.71. The summed E-state index contributed by atoms with van der Waals surface area (Å²) in [5, 5.41) is 9.98. The van der Waals surface area contributed by atoms with Gasteiger partial charge in [-0.15, -0.1) is 0 Å². The Balaban J connectivity index is 2.25. The second-order valence-corrected chi connectivity index (χ2v) is 5.39. The van der Waals surface area contributed by atoms with Gasteiger partial charge in [0.2, 0.25) is 0 Å². The third-order valence-electron chi connectivity index (χ3n) is 3.18. The van der Waals surface area contributed by atoms with Crippen LogP contribution in [0.15, 0.2) is 30.3 Å². The topological polar surface area (TPSA) is 62.7 Å². The summed E-state index contributed by atoms with van der Waals surface area (Å²) < 4.78 is 2.32. The van der Waals surface area contributed by atoms with Crippen LogP contribution in [0.1, 0.15) is 36.1 Å². The van der Waals surface area contributed by atoms with Gasteiger partial charge in [0.15, 0.2) is 10.6 Å². The molecule has 0 fully saturated rings. The summed E-state index contributed by atoms with van der Waals surface area (Å²) in [4.78, 5) is 12.3. The zero-order chi connectivity index (χ0) is 14.7. The van der Waals surface area contributed by atoms with E-state index >= 15 is 0 Å². The summed E-state index contributed by atoms with van der Waals surface area (Å²) in [5.41, 5.74) is 0.634. The average Bonchev–Trinajstić information content (AvgIpc) is 2.77. The standard InChI is InChI=1S/C14H18N4OS/c1-9(2)11(12-16-17-14(20)18(12)3)15-13(19)10-7-5-4-6-8-10/h4-9,11H,1-3H3,(H,15,19)(H,17,20)/t11-/m0/s1. The number of carbonyl (C=O) groups is 1. The van der Waals surface area contributed by atoms with Gasteiger partial charge >= 0.3 is 0 Å². The van der Waals surface area contributed by atoms with Gasteiger partial charge in [-0.2, -0.15) is 5.10 Å². The van der Waals surface area contributed by atoms with Gasteiger partial charge in [0, 0.05) is 12.6 Å². The number of carbonyl (C=O) groups excluding carboxylic acids is 1. The molecular weight excluding hydrogens is 272 g/mol. The first-order valence-corrected chi connectivity index (χ1v) is 6.88. The van der Waals surface area contributed by atoms with E-state index in [-0.39, 0.29) is 17.9 Å². The second-order valence-electron chi connectivity index (χ2n) is 5.01. The molecule has 0 spiro atoms. The molecule has 2 aromatic rings. The Kier molecular flexibility index (Phi) is 4.34. The normalized spacial score (nSPS) is 12.4. The van der Waals surface area contributed by atoms with Crippen LogP contribution in [0.5, 0.6) is 0 Å². The third-order valence-corrected chi connectivity index (χ3v) is 3.55. The summed E-state index contributed by atoms with van der Waals surface area (Å²) in [6.07, 6.45) is 0. The Bertz CT molecular complexity index is 645. The number of nitrogens with one attached hydrogen (secondary N) is 2. The fourth-order valence-electron chi connectivity index (χ4n) is 1.98. The van der Waals surface area contributed by atoms with E-state index < -0.39 is 0 Å². The Morgan fingerprint density at radius 3 is 2.50 bits per heavy atom. The minimum absolute atomic E-state index is 0.113. The molecule has 106 valence electrons. The number of nitrogens with zero attached hydrogens (tertiary/aromatic N) is 2. The molecule has 0 aliphatic carbocycles. The Hall–Kier alpha value is -1.95. The van der Waals surface area contributed by atoms with Gasteiger partial charge < -0.3 is 9.88 Å². The predicted molar refractivity (Wildman–Crippen MR) is 79.9 cm³/mol. The van der Waals surface area contributed by atoms with Gasteiger partial charge in [0.1, 0.15) is 0 Å². The number of aromatic nitrogens is 3. The minimum Gasteiger partial charge on any atom is -0.342 e. The summed E-state index contributed by atoms with van der Waals surface area (Å²) in [5.74, 6) is 0.819. The van der Waals surface area contributed by atoms with E-state index in [9.17, 15) is 4.79 Å². The van der Waals surface area contributed by atoms with Crippen molar-refractivity contribution in [1.82, 2.24) is 20.1 Å². The quantitative estimate of drug-likeness (QED) is 0.851. The minimum atomic E-state index is -0.194. The highest BCUT2D eigenvalue weighted by Gasteiger charge is 2.23. The number of hydrogen-bond acceptors (Lipinski definition) is 3. The molecule has 6 heteroatoms. The summed E-state index contributed by atoms with van der Waals surface area (Å²) >= 11 is 5.12. The number of hydrogen-bond donors (Lipinski definition) is 2. The summed E-state index contributed by atoms with van der Waals surface area (Å²) in [6, 6.07) is 8.95. The Morgan fingerprint density at radius 2 is 2.00 bits per heavy atom. The van der Waals surface area contributed by atoms with Crippen molar-refractivity contribution < 1.29 is 4.79 Å². The van der Waals surface area contributed by atoms with Crippen molar-refractivity contribution in [2.75, 3.05) is 0 Å². The highest BCUT2D eigenvalue weighted by atomic mass is 32.1. The lowest BCUT2D eigenvalue weighted by molar-refractivity contribution is 0.0922. The van der Waals surface area contributed by atoms with Crippen LogP contribution in [0.4, 0.5) is 0 Å². The second kappa shape index (κ2) is 6.00. The molecule has 1 aromatic carbocycles. The van der Waals surface area contributed by atoms with Crippen molar-refractivity contribution in [2.45, 2.75) is 19.9 Å². The first-order valence-electron chi connectivity index (χ1n) is 6.48. The zero-order valence-electron chi connectivity index (χ0n) is 11.8. The lowest BCUT2D eigenvalue weighted by Gasteiger charge is -2.21. The molecule has 1 heterocycles. The predicted octanol–water partition coefficient (Wildman–Crippen LogP) is 2.60. The van der Waals surface area contributed by atoms with Crippen LogP contribution in [0, 0.1) is 10.7 Å².